The molecule has 0 radical (unpaired) electrons. The van der Waals surface area contributed by atoms with Gasteiger partial charge < -0.3 is 5.32 Å². The number of nitrogens with zero attached hydrogens (tertiary/aromatic N) is 1. The minimum absolute atomic E-state index is 0.00321. The second kappa shape index (κ2) is 9.44. The fraction of sp³-hybridized carbons (Fsp3) is 0.138. The first-order valence-electron chi connectivity index (χ1n) is 10.8. The lowest BCUT2D eigenvalue weighted by Crippen LogP contribution is -2.15. The lowest BCUT2D eigenvalue weighted by Gasteiger charge is -2.26. The topological polar surface area (TPSA) is 24.9 Å². The molecule has 154 valence electrons. The molecule has 0 saturated carbocycles. The maximum Gasteiger partial charge on any atom is 0.0768 e. The smallest absolute Gasteiger partial charge is 0.0768 e. The van der Waals surface area contributed by atoms with Crippen molar-refractivity contribution in [1.82, 2.24) is 4.98 Å². The average molecular weight is 405 g/mol. The van der Waals surface area contributed by atoms with Gasteiger partial charge in [0.05, 0.1) is 11.7 Å². The first kappa shape index (κ1) is 20.6. The van der Waals surface area contributed by atoms with Crippen LogP contribution in [-0.4, -0.2) is 4.98 Å². The van der Waals surface area contributed by atoms with Gasteiger partial charge in [-0.2, -0.15) is 0 Å². The predicted octanol–water partition coefficient (Wildman–Crippen LogP) is 7.72. The number of rotatable bonds is 7. The fourth-order valence-corrected chi connectivity index (χ4v) is 3.97. The molecule has 1 heterocycles. The molecule has 0 spiro atoms. The van der Waals surface area contributed by atoms with Crippen LogP contribution in [0.15, 0.2) is 104 Å². The van der Waals surface area contributed by atoms with E-state index in [0.29, 0.717) is 5.92 Å². The number of benzene rings is 3. The standard InChI is InChI=1S/C29H28N2/c1-4-22-14-11-17-26(21(2)3)29(22)31-28(23-12-6-5-7-13-23)25-16-10-15-24(20-25)27-18-8-9-19-30-27/h4-21,28,31H,1H2,2-3H3. The Morgan fingerprint density at radius 1 is 0.806 bits per heavy atom. The third-order valence-electron chi connectivity index (χ3n) is 5.57. The lowest BCUT2D eigenvalue weighted by atomic mass is 9.93. The zero-order valence-corrected chi connectivity index (χ0v) is 18.1. The normalized spacial score (nSPS) is 11.8. The van der Waals surface area contributed by atoms with Gasteiger partial charge in [-0.1, -0.05) is 99.3 Å². The van der Waals surface area contributed by atoms with Gasteiger partial charge in [0.25, 0.3) is 0 Å². The van der Waals surface area contributed by atoms with Gasteiger partial charge in [0, 0.05) is 17.4 Å². The molecular weight excluding hydrogens is 376 g/mol. The van der Waals surface area contributed by atoms with Crippen molar-refractivity contribution in [2.24, 2.45) is 0 Å². The number of hydrogen-bond acceptors (Lipinski definition) is 2. The molecule has 4 aromatic rings. The minimum atomic E-state index is 0.00321. The molecule has 0 aliphatic heterocycles. The Morgan fingerprint density at radius 3 is 2.26 bits per heavy atom. The van der Waals surface area contributed by atoms with Crippen LogP contribution in [0.4, 0.5) is 5.69 Å². The predicted molar refractivity (Wildman–Crippen MR) is 132 cm³/mol. The third kappa shape index (κ3) is 4.59. The summed E-state index contributed by atoms with van der Waals surface area (Å²) >= 11 is 0. The Balaban J connectivity index is 1.82. The first-order valence-corrected chi connectivity index (χ1v) is 10.8. The van der Waals surface area contributed by atoms with Crippen molar-refractivity contribution >= 4 is 11.8 Å². The molecule has 31 heavy (non-hydrogen) atoms. The van der Waals surface area contributed by atoms with Gasteiger partial charge in [-0.25, -0.2) is 0 Å². The van der Waals surface area contributed by atoms with E-state index < -0.39 is 0 Å². The molecule has 1 aromatic heterocycles. The summed E-state index contributed by atoms with van der Waals surface area (Å²) in [6.07, 6.45) is 3.77. The van der Waals surface area contributed by atoms with Crippen molar-refractivity contribution in [1.29, 1.82) is 0 Å². The van der Waals surface area contributed by atoms with Crippen LogP contribution < -0.4 is 5.32 Å². The van der Waals surface area contributed by atoms with Gasteiger partial charge in [-0.3, -0.25) is 4.98 Å². The highest BCUT2D eigenvalue weighted by Gasteiger charge is 2.19. The van der Waals surface area contributed by atoms with Gasteiger partial charge in [0.1, 0.15) is 0 Å². The Kier molecular flexibility index (Phi) is 6.28. The Hall–Kier alpha value is -3.65. The molecule has 0 fully saturated rings. The zero-order valence-electron chi connectivity index (χ0n) is 18.1. The molecule has 0 bridgehead atoms. The maximum absolute atomic E-state index is 4.54. The van der Waals surface area contributed by atoms with E-state index in [-0.39, 0.29) is 6.04 Å². The van der Waals surface area contributed by atoms with Crippen molar-refractivity contribution in [2.45, 2.75) is 25.8 Å². The van der Waals surface area contributed by atoms with Crippen molar-refractivity contribution in [3.8, 4) is 11.3 Å². The van der Waals surface area contributed by atoms with Gasteiger partial charge in [0.15, 0.2) is 0 Å². The first-order chi connectivity index (χ1) is 15.2. The third-order valence-corrected chi connectivity index (χ3v) is 5.57. The Labute approximate surface area is 185 Å². The van der Waals surface area contributed by atoms with E-state index in [1.165, 1.54) is 16.7 Å². The Morgan fingerprint density at radius 2 is 1.55 bits per heavy atom. The van der Waals surface area contributed by atoms with E-state index in [1.54, 1.807) is 0 Å². The minimum Gasteiger partial charge on any atom is -0.373 e. The number of para-hydroxylation sites is 1. The Bertz CT molecular complexity index is 1150. The molecular formula is C29H28N2. The van der Waals surface area contributed by atoms with Crippen molar-refractivity contribution in [2.75, 3.05) is 5.32 Å². The van der Waals surface area contributed by atoms with E-state index in [1.807, 2.05) is 30.5 Å². The van der Waals surface area contributed by atoms with Crippen LogP contribution in [-0.2, 0) is 0 Å². The van der Waals surface area contributed by atoms with Crippen LogP contribution in [0.2, 0.25) is 0 Å². The highest BCUT2D eigenvalue weighted by atomic mass is 14.9. The number of aromatic nitrogens is 1. The molecule has 0 aliphatic rings. The summed E-state index contributed by atoms with van der Waals surface area (Å²) in [5.41, 5.74) is 8.06. The number of anilines is 1. The van der Waals surface area contributed by atoms with Crippen LogP contribution in [0, 0.1) is 0 Å². The summed E-state index contributed by atoms with van der Waals surface area (Å²) in [7, 11) is 0. The van der Waals surface area contributed by atoms with Crippen LogP contribution >= 0.6 is 0 Å². The van der Waals surface area contributed by atoms with Gasteiger partial charge >= 0.3 is 0 Å². The van der Waals surface area contributed by atoms with E-state index in [4.69, 9.17) is 0 Å². The molecule has 3 aromatic carbocycles. The molecule has 4 rings (SSSR count). The number of pyridine rings is 1. The quantitative estimate of drug-likeness (QED) is 0.341. The van der Waals surface area contributed by atoms with E-state index in [2.05, 4.69) is 104 Å². The second-order valence-corrected chi connectivity index (χ2v) is 8.00. The monoisotopic (exact) mass is 404 g/mol. The highest BCUT2D eigenvalue weighted by molar-refractivity contribution is 5.71. The lowest BCUT2D eigenvalue weighted by molar-refractivity contribution is 0.854. The number of nitrogens with one attached hydrogen (secondary N) is 1. The molecule has 2 heteroatoms. The molecule has 1 N–H and O–H groups in total. The van der Waals surface area contributed by atoms with Crippen molar-refractivity contribution in [3.05, 3.63) is 126 Å². The number of hydrogen-bond donors (Lipinski definition) is 1. The van der Waals surface area contributed by atoms with Crippen molar-refractivity contribution < 1.29 is 0 Å². The average Bonchev–Trinajstić information content (AvgIpc) is 2.83. The summed E-state index contributed by atoms with van der Waals surface area (Å²) in [5, 5.41) is 3.87. The molecule has 1 atom stereocenters. The molecule has 0 amide bonds. The van der Waals surface area contributed by atoms with E-state index in [0.717, 1.165) is 22.5 Å². The summed E-state index contributed by atoms with van der Waals surface area (Å²) in [4.78, 5) is 4.54. The second-order valence-electron chi connectivity index (χ2n) is 8.00. The van der Waals surface area contributed by atoms with E-state index >= 15 is 0 Å². The van der Waals surface area contributed by atoms with E-state index in [9.17, 15) is 0 Å². The molecule has 1 unspecified atom stereocenters. The van der Waals surface area contributed by atoms with Crippen molar-refractivity contribution in [3.63, 3.8) is 0 Å². The summed E-state index contributed by atoms with van der Waals surface area (Å²) < 4.78 is 0. The molecule has 2 nitrogen and oxygen atoms in total. The van der Waals surface area contributed by atoms with Crippen LogP contribution in [0.5, 0.6) is 0 Å². The highest BCUT2D eigenvalue weighted by Crippen LogP contribution is 2.35. The summed E-state index contributed by atoms with van der Waals surface area (Å²) in [6, 6.07) is 31.7. The van der Waals surface area contributed by atoms with Crippen LogP contribution in [0.25, 0.3) is 17.3 Å². The molecule has 0 saturated heterocycles. The van der Waals surface area contributed by atoms with Crippen LogP contribution in [0.1, 0.15) is 48.1 Å². The van der Waals surface area contributed by atoms with Crippen LogP contribution in [0.3, 0.4) is 0 Å². The largest absolute Gasteiger partial charge is 0.373 e. The fourth-order valence-electron chi connectivity index (χ4n) is 3.97. The van der Waals surface area contributed by atoms with Gasteiger partial charge in [0.2, 0.25) is 0 Å². The molecule has 0 aliphatic carbocycles. The SMILES string of the molecule is C=Cc1cccc(C(C)C)c1NC(c1ccccc1)c1cccc(-c2ccccn2)c1. The summed E-state index contributed by atoms with van der Waals surface area (Å²) in [5.74, 6) is 0.402. The summed E-state index contributed by atoms with van der Waals surface area (Å²) in [6.45, 7) is 8.51. The van der Waals surface area contributed by atoms with Gasteiger partial charge in [-0.15, -0.1) is 0 Å². The zero-order chi connectivity index (χ0) is 21.6. The maximum atomic E-state index is 4.54. The van der Waals surface area contributed by atoms with Gasteiger partial charge in [-0.05, 0) is 46.4 Å².